The molecule has 4 heterocycles. The number of benzene rings is 1. The summed E-state index contributed by atoms with van der Waals surface area (Å²) >= 11 is 0. The maximum atomic E-state index is 15.2. The maximum Gasteiger partial charge on any atom is 0.207 e. The smallest absolute Gasteiger partial charge is 0.207 e. The second-order valence-corrected chi connectivity index (χ2v) is 10.5. The van der Waals surface area contributed by atoms with Crippen LogP contribution in [0.15, 0.2) is 30.9 Å². The monoisotopic (exact) mass is 522 g/mol. The highest BCUT2D eigenvalue weighted by atomic mass is 19.1. The lowest BCUT2D eigenvalue weighted by molar-refractivity contribution is 0.122. The third kappa shape index (κ3) is 5.58. The largest absolute Gasteiger partial charge is 0.488 e. The molecule has 0 bridgehead atoms. The first-order valence-electron chi connectivity index (χ1n) is 13.6. The second-order valence-electron chi connectivity index (χ2n) is 10.5. The summed E-state index contributed by atoms with van der Waals surface area (Å²) in [4.78, 5) is 22.0. The Morgan fingerprint density at radius 2 is 1.63 bits per heavy atom. The van der Waals surface area contributed by atoms with Crippen LogP contribution in [0.5, 0.6) is 5.75 Å². The number of aromatic nitrogens is 4. The van der Waals surface area contributed by atoms with Gasteiger partial charge in [0.25, 0.3) is 0 Å². The zero-order valence-electron chi connectivity index (χ0n) is 21.8. The molecule has 3 aromatic rings. The molecule has 0 spiro atoms. The molecule has 1 aliphatic carbocycles. The Balaban J connectivity index is 1.09. The summed E-state index contributed by atoms with van der Waals surface area (Å²) in [7, 11) is 2.07. The first-order chi connectivity index (χ1) is 18.6. The van der Waals surface area contributed by atoms with Crippen molar-refractivity contribution in [2.45, 2.75) is 50.3 Å². The Hall–Kier alpha value is -3.31. The van der Waals surface area contributed by atoms with E-state index < -0.39 is 5.82 Å². The Morgan fingerprint density at radius 3 is 2.37 bits per heavy atom. The average molecular weight is 523 g/mol. The van der Waals surface area contributed by atoms with Crippen LogP contribution in [0.25, 0.3) is 11.0 Å². The van der Waals surface area contributed by atoms with E-state index in [1.54, 1.807) is 12.4 Å². The van der Waals surface area contributed by atoms with Crippen LogP contribution in [0.4, 0.5) is 21.7 Å². The van der Waals surface area contributed by atoms with Crippen LogP contribution in [0.1, 0.15) is 32.1 Å². The third-order valence-corrected chi connectivity index (χ3v) is 7.73. The van der Waals surface area contributed by atoms with Gasteiger partial charge in [-0.3, -0.25) is 4.98 Å². The Kier molecular flexibility index (Phi) is 7.37. The number of hydrogen-bond acceptors (Lipinski definition) is 10. The molecule has 6 rings (SSSR count). The van der Waals surface area contributed by atoms with Gasteiger partial charge >= 0.3 is 0 Å². The number of ether oxygens (including phenoxy) is 2. The van der Waals surface area contributed by atoms with Gasteiger partial charge in [-0.1, -0.05) is 0 Å². The molecular weight excluding hydrogens is 487 g/mol. The number of nitrogens with zero attached hydrogens (tertiary/aromatic N) is 6. The summed E-state index contributed by atoms with van der Waals surface area (Å²) < 4.78 is 27.2. The van der Waals surface area contributed by atoms with Crippen LogP contribution < -0.4 is 20.3 Å². The number of nitrogens with one attached hydrogen (secondary N) is 2. The molecule has 0 amide bonds. The van der Waals surface area contributed by atoms with Crippen molar-refractivity contribution in [2.24, 2.45) is 0 Å². The predicted octanol–water partition coefficient (Wildman–Crippen LogP) is 3.31. The first kappa shape index (κ1) is 25.0. The predicted molar refractivity (Wildman–Crippen MR) is 144 cm³/mol. The number of hydrogen-bond donors (Lipinski definition) is 2. The highest BCUT2D eigenvalue weighted by Gasteiger charge is 2.26. The van der Waals surface area contributed by atoms with Crippen molar-refractivity contribution < 1.29 is 13.9 Å². The van der Waals surface area contributed by atoms with E-state index in [1.165, 1.54) is 6.33 Å². The minimum atomic E-state index is -0.412. The molecule has 1 aromatic carbocycles. The van der Waals surface area contributed by atoms with Crippen LogP contribution in [0, 0.1) is 5.82 Å². The summed E-state index contributed by atoms with van der Waals surface area (Å²) in [6, 6.07) is 4.49. The van der Waals surface area contributed by atoms with Crippen molar-refractivity contribution in [3.8, 4) is 5.75 Å². The molecule has 202 valence electrons. The van der Waals surface area contributed by atoms with Gasteiger partial charge in [-0.2, -0.15) is 4.39 Å². The lowest BCUT2D eigenvalue weighted by Crippen LogP contribution is -2.36. The molecule has 2 aromatic heterocycles. The van der Waals surface area contributed by atoms with Crippen LogP contribution in [-0.2, 0) is 4.74 Å². The minimum Gasteiger partial charge on any atom is -0.488 e. The van der Waals surface area contributed by atoms with Crippen molar-refractivity contribution >= 4 is 28.4 Å². The maximum absolute atomic E-state index is 15.2. The van der Waals surface area contributed by atoms with Gasteiger partial charge in [-0.15, -0.1) is 0 Å². The minimum absolute atomic E-state index is 0.0602. The van der Waals surface area contributed by atoms with Crippen molar-refractivity contribution in [3.63, 3.8) is 0 Å². The lowest BCUT2D eigenvalue weighted by atomic mass is 9.93. The fourth-order valence-electron chi connectivity index (χ4n) is 5.64. The summed E-state index contributed by atoms with van der Waals surface area (Å²) in [5.74, 6) is 0.889. The normalized spacial score (nSPS) is 24.5. The molecule has 2 aliphatic heterocycles. The highest BCUT2D eigenvalue weighted by molar-refractivity contribution is 5.85. The fourth-order valence-corrected chi connectivity index (χ4v) is 5.64. The fraction of sp³-hybridized carbons (Fsp3) is 0.556. The van der Waals surface area contributed by atoms with Gasteiger partial charge in [0.15, 0.2) is 11.6 Å². The first-order valence-corrected chi connectivity index (χ1v) is 13.6. The molecule has 10 nitrogen and oxygen atoms in total. The summed E-state index contributed by atoms with van der Waals surface area (Å²) in [5.41, 5.74) is 2.69. The van der Waals surface area contributed by atoms with Gasteiger partial charge in [0.1, 0.15) is 17.6 Å². The zero-order valence-corrected chi connectivity index (χ0v) is 21.8. The molecule has 3 aliphatic rings. The molecule has 2 N–H and O–H groups in total. The van der Waals surface area contributed by atoms with Gasteiger partial charge in [-0.05, 0) is 51.8 Å². The highest BCUT2D eigenvalue weighted by Crippen LogP contribution is 2.33. The number of rotatable bonds is 7. The summed E-state index contributed by atoms with van der Waals surface area (Å²) in [6.45, 7) is 5.00. The van der Waals surface area contributed by atoms with E-state index in [4.69, 9.17) is 9.47 Å². The number of anilines is 3. The van der Waals surface area contributed by atoms with Gasteiger partial charge in [0.05, 0.1) is 24.8 Å². The molecule has 2 saturated heterocycles. The number of halogens is 1. The van der Waals surface area contributed by atoms with E-state index in [0.29, 0.717) is 13.2 Å². The lowest BCUT2D eigenvalue weighted by Gasteiger charge is -2.31. The Bertz CT molecular complexity index is 1250. The average Bonchev–Trinajstić information content (AvgIpc) is 3.36. The molecule has 38 heavy (non-hydrogen) atoms. The standard InChI is InChI=1S/C27H35FN8O2/c1-35-9-6-19(16-35)34-27-24(28)26(31-17-32-27)33-18-2-4-21(5-3-18)38-23-15-20(36-10-12-37-13-11-36)14-22-25(23)30-8-7-29-22/h7-8,14-15,17-19,21H,2-6,9-13,16H2,1H3,(H2,31,32,33,34)/t18-,19?,21+. The quantitative estimate of drug-likeness (QED) is 0.481. The molecule has 1 unspecified atom stereocenters. The van der Waals surface area contributed by atoms with E-state index in [2.05, 4.69) is 59.5 Å². The molecule has 3 fully saturated rings. The van der Waals surface area contributed by atoms with Gasteiger partial charge in [0.2, 0.25) is 5.82 Å². The van der Waals surface area contributed by atoms with Crippen molar-refractivity contribution in [2.75, 3.05) is 62.0 Å². The topological polar surface area (TPSA) is 101 Å². The third-order valence-electron chi connectivity index (χ3n) is 7.73. The molecule has 1 atom stereocenters. The number of likely N-dealkylation sites (N-methyl/N-ethyl adjacent to an activating group) is 1. The van der Waals surface area contributed by atoms with Crippen LogP contribution in [0.3, 0.4) is 0 Å². The summed E-state index contributed by atoms with van der Waals surface area (Å²) in [5, 5.41) is 6.56. The molecule has 0 radical (unpaired) electrons. The van der Waals surface area contributed by atoms with Gasteiger partial charge in [-0.25, -0.2) is 15.0 Å². The van der Waals surface area contributed by atoms with E-state index >= 15 is 4.39 Å². The van der Waals surface area contributed by atoms with Crippen molar-refractivity contribution in [1.82, 2.24) is 24.8 Å². The van der Waals surface area contributed by atoms with Crippen LogP contribution >= 0.6 is 0 Å². The zero-order chi connectivity index (χ0) is 25.9. The summed E-state index contributed by atoms with van der Waals surface area (Å²) in [6.07, 6.45) is 9.30. The van der Waals surface area contributed by atoms with E-state index in [0.717, 1.165) is 80.8 Å². The second kappa shape index (κ2) is 11.2. The SMILES string of the molecule is CN1CCC(Nc2ncnc(N[C@H]3CC[C@@H](Oc4cc(N5CCOCC5)cc5nccnc45)CC3)c2F)C1. The van der Waals surface area contributed by atoms with Crippen LogP contribution in [0.2, 0.25) is 0 Å². The number of likely N-dealkylation sites (tertiary alicyclic amines) is 1. The number of morpholine rings is 1. The van der Waals surface area contributed by atoms with Crippen LogP contribution in [-0.4, -0.2) is 89.5 Å². The van der Waals surface area contributed by atoms with Crippen molar-refractivity contribution in [1.29, 1.82) is 0 Å². The molecular formula is C27H35FN8O2. The van der Waals surface area contributed by atoms with Gasteiger partial charge < -0.3 is 29.9 Å². The Labute approximate surface area is 222 Å². The van der Waals surface area contributed by atoms with Crippen molar-refractivity contribution in [3.05, 3.63) is 36.7 Å². The van der Waals surface area contributed by atoms with Gasteiger partial charge in [0, 0.05) is 55.9 Å². The Morgan fingerprint density at radius 1 is 0.895 bits per heavy atom. The molecule has 11 heteroatoms. The van der Waals surface area contributed by atoms with E-state index in [9.17, 15) is 0 Å². The van der Waals surface area contributed by atoms with E-state index in [-0.39, 0.29) is 29.8 Å². The van der Waals surface area contributed by atoms with E-state index in [1.807, 2.05) is 0 Å². The molecule has 1 saturated carbocycles. The number of fused-ring (bicyclic) bond motifs is 1.